The van der Waals surface area contributed by atoms with E-state index in [1.807, 2.05) is 66.0 Å². The monoisotopic (exact) mass is 403 g/mol. The zero-order valence-electron chi connectivity index (χ0n) is 15.9. The lowest BCUT2D eigenvalue weighted by Crippen LogP contribution is -2.25. The summed E-state index contributed by atoms with van der Waals surface area (Å²) in [6, 6.07) is 19.9. The van der Waals surface area contributed by atoms with E-state index >= 15 is 0 Å². The summed E-state index contributed by atoms with van der Waals surface area (Å²) in [4.78, 5) is 21.1. The van der Waals surface area contributed by atoms with Crippen molar-refractivity contribution >= 4 is 17.2 Å². The lowest BCUT2D eigenvalue weighted by molar-refractivity contribution is -0.121. The molecule has 29 heavy (non-hydrogen) atoms. The summed E-state index contributed by atoms with van der Waals surface area (Å²) in [5.41, 5.74) is 5.57. The molecule has 4 aromatic rings. The van der Waals surface area contributed by atoms with Gasteiger partial charge in [-0.05, 0) is 0 Å². The second-order valence-electron chi connectivity index (χ2n) is 6.60. The number of thiazole rings is 1. The molecule has 5 nitrogen and oxygen atoms in total. The van der Waals surface area contributed by atoms with Gasteiger partial charge in [-0.1, -0.05) is 60.7 Å². The molecule has 0 radical (unpaired) electrons. The van der Waals surface area contributed by atoms with Crippen LogP contribution >= 0.6 is 11.3 Å². The van der Waals surface area contributed by atoms with Gasteiger partial charge >= 0.3 is 0 Å². The van der Waals surface area contributed by atoms with Gasteiger partial charge in [0.2, 0.25) is 5.91 Å². The number of aromatic nitrogens is 2. The van der Waals surface area contributed by atoms with E-state index < -0.39 is 0 Å². The van der Waals surface area contributed by atoms with Gasteiger partial charge in [0.1, 0.15) is 5.69 Å². The number of aryl methyl sites for hydroxylation is 1. The van der Waals surface area contributed by atoms with Gasteiger partial charge in [0.05, 0.1) is 11.2 Å². The fourth-order valence-electron chi connectivity index (χ4n) is 3.05. The highest BCUT2D eigenvalue weighted by Gasteiger charge is 2.17. The third kappa shape index (κ3) is 4.97. The molecule has 0 aliphatic heterocycles. The van der Waals surface area contributed by atoms with Crippen LogP contribution in [-0.2, 0) is 17.6 Å². The van der Waals surface area contributed by atoms with Crippen molar-refractivity contribution < 1.29 is 9.21 Å². The molecule has 0 unspecified atom stereocenters. The van der Waals surface area contributed by atoms with E-state index in [0.717, 1.165) is 34.7 Å². The predicted octanol–water partition coefficient (Wildman–Crippen LogP) is 4.76. The first-order chi connectivity index (χ1) is 14.3. The predicted molar refractivity (Wildman–Crippen MR) is 115 cm³/mol. The van der Waals surface area contributed by atoms with Crippen molar-refractivity contribution in [2.75, 3.05) is 6.54 Å². The van der Waals surface area contributed by atoms with Crippen molar-refractivity contribution in [3.05, 3.63) is 83.1 Å². The van der Waals surface area contributed by atoms with Crippen molar-refractivity contribution in [1.82, 2.24) is 15.3 Å². The van der Waals surface area contributed by atoms with Gasteiger partial charge in [0, 0.05) is 42.3 Å². The van der Waals surface area contributed by atoms with Gasteiger partial charge in [-0.25, -0.2) is 9.97 Å². The Labute approximate surface area is 173 Å². The molecule has 0 saturated heterocycles. The number of hydrogen-bond acceptors (Lipinski definition) is 5. The summed E-state index contributed by atoms with van der Waals surface area (Å²) >= 11 is 1.56. The molecule has 1 N–H and O–H groups in total. The Kier molecular flexibility index (Phi) is 6.12. The average molecular weight is 404 g/mol. The number of benzene rings is 2. The molecule has 0 fully saturated rings. The smallest absolute Gasteiger partial charge is 0.220 e. The number of nitrogens with one attached hydrogen (secondary N) is 1. The molecular formula is C23H21N3O2S. The molecule has 0 atom stereocenters. The molecule has 146 valence electrons. The fraction of sp³-hybridized carbons (Fsp3) is 0.174. The second-order valence-corrected chi connectivity index (χ2v) is 7.32. The van der Waals surface area contributed by atoms with Gasteiger partial charge < -0.3 is 9.73 Å². The van der Waals surface area contributed by atoms with E-state index in [9.17, 15) is 4.79 Å². The molecule has 2 aromatic carbocycles. The Morgan fingerprint density at radius 1 is 0.966 bits per heavy atom. The molecule has 2 aromatic heterocycles. The van der Waals surface area contributed by atoms with Crippen molar-refractivity contribution in [3.63, 3.8) is 0 Å². The summed E-state index contributed by atoms with van der Waals surface area (Å²) in [7, 11) is 0. The Morgan fingerprint density at radius 3 is 2.38 bits per heavy atom. The van der Waals surface area contributed by atoms with E-state index in [2.05, 4.69) is 10.3 Å². The maximum atomic E-state index is 12.2. The van der Waals surface area contributed by atoms with Crippen molar-refractivity contribution in [3.8, 4) is 22.6 Å². The van der Waals surface area contributed by atoms with Gasteiger partial charge in [0.15, 0.2) is 11.7 Å². The zero-order chi connectivity index (χ0) is 19.9. The molecule has 0 aliphatic rings. The summed E-state index contributed by atoms with van der Waals surface area (Å²) in [6.45, 7) is 0.582. The van der Waals surface area contributed by atoms with E-state index in [1.54, 1.807) is 16.8 Å². The third-order valence-corrected chi connectivity index (χ3v) is 5.14. The van der Waals surface area contributed by atoms with Crippen LogP contribution in [0.5, 0.6) is 0 Å². The van der Waals surface area contributed by atoms with E-state index in [4.69, 9.17) is 9.40 Å². The summed E-state index contributed by atoms with van der Waals surface area (Å²) in [5, 5.41) is 4.93. The highest BCUT2D eigenvalue weighted by atomic mass is 32.1. The quantitative estimate of drug-likeness (QED) is 0.461. The van der Waals surface area contributed by atoms with E-state index in [-0.39, 0.29) is 5.91 Å². The maximum absolute atomic E-state index is 12.2. The molecule has 0 saturated carbocycles. The number of hydrogen-bond donors (Lipinski definition) is 1. The highest BCUT2D eigenvalue weighted by molar-refractivity contribution is 7.07. The SMILES string of the molecule is O=C(CCc1nc(-c2ccccc2)c(-c2ccccc2)o1)NCCc1cscn1. The Bertz CT molecular complexity index is 987. The van der Waals surface area contributed by atoms with Crippen LogP contribution in [0.25, 0.3) is 22.6 Å². The number of rotatable bonds is 8. The standard InChI is InChI=1S/C23H21N3O2S/c27-20(24-14-13-19-15-29-16-25-19)11-12-21-26-22(17-7-3-1-4-8-17)23(28-21)18-9-5-2-6-10-18/h1-10,15-16H,11-14H2,(H,24,27). The topological polar surface area (TPSA) is 68.0 Å². The van der Waals surface area contributed by atoms with Gasteiger partial charge in [-0.15, -0.1) is 11.3 Å². The van der Waals surface area contributed by atoms with Crippen LogP contribution in [0.3, 0.4) is 0 Å². The number of amides is 1. The van der Waals surface area contributed by atoms with Crippen molar-refractivity contribution in [1.29, 1.82) is 0 Å². The van der Waals surface area contributed by atoms with Crippen LogP contribution in [0.4, 0.5) is 0 Å². The number of oxazole rings is 1. The molecule has 6 heteroatoms. The lowest BCUT2D eigenvalue weighted by atomic mass is 10.1. The first-order valence-electron chi connectivity index (χ1n) is 9.54. The van der Waals surface area contributed by atoms with Crippen molar-refractivity contribution in [2.45, 2.75) is 19.3 Å². The number of carbonyl (C=O) groups excluding carboxylic acids is 1. The minimum Gasteiger partial charge on any atom is -0.440 e. The highest BCUT2D eigenvalue weighted by Crippen LogP contribution is 2.32. The normalized spacial score (nSPS) is 10.8. The lowest BCUT2D eigenvalue weighted by Gasteiger charge is -2.02. The van der Waals surface area contributed by atoms with Crippen LogP contribution in [0.1, 0.15) is 18.0 Å². The molecule has 0 aliphatic carbocycles. The average Bonchev–Trinajstić information content (AvgIpc) is 3.44. The Morgan fingerprint density at radius 2 is 1.69 bits per heavy atom. The Hall–Kier alpha value is -3.25. The minimum absolute atomic E-state index is 0.0130. The zero-order valence-corrected chi connectivity index (χ0v) is 16.7. The molecule has 1 amide bonds. The van der Waals surface area contributed by atoms with Crippen LogP contribution in [0, 0.1) is 0 Å². The van der Waals surface area contributed by atoms with Gasteiger partial charge in [-0.3, -0.25) is 4.79 Å². The largest absolute Gasteiger partial charge is 0.440 e. The number of nitrogens with zero attached hydrogens (tertiary/aromatic N) is 2. The summed E-state index contributed by atoms with van der Waals surface area (Å²) < 4.78 is 6.07. The molecule has 0 spiro atoms. The molecular weight excluding hydrogens is 382 g/mol. The first-order valence-corrected chi connectivity index (χ1v) is 10.5. The van der Waals surface area contributed by atoms with Crippen molar-refractivity contribution in [2.24, 2.45) is 0 Å². The second kappa shape index (κ2) is 9.30. The van der Waals surface area contributed by atoms with Gasteiger partial charge in [0.25, 0.3) is 0 Å². The van der Waals surface area contributed by atoms with Crippen LogP contribution in [0.2, 0.25) is 0 Å². The molecule has 4 rings (SSSR count). The fourth-order valence-corrected chi connectivity index (χ4v) is 3.64. The first kappa shape index (κ1) is 19.1. The van der Waals surface area contributed by atoms with Crippen LogP contribution in [0.15, 0.2) is 76.0 Å². The van der Waals surface area contributed by atoms with E-state index in [0.29, 0.717) is 25.3 Å². The van der Waals surface area contributed by atoms with Crippen LogP contribution < -0.4 is 5.32 Å². The third-order valence-electron chi connectivity index (χ3n) is 4.51. The summed E-state index contributed by atoms with van der Waals surface area (Å²) in [5.74, 6) is 1.29. The summed E-state index contributed by atoms with van der Waals surface area (Å²) in [6.07, 6.45) is 1.53. The van der Waals surface area contributed by atoms with Gasteiger partial charge in [-0.2, -0.15) is 0 Å². The molecule has 0 bridgehead atoms. The Balaban J connectivity index is 1.44. The van der Waals surface area contributed by atoms with E-state index in [1.165, 1.54) is 0 Å². The maximum Gasteiger partial charge on any atom is 0.220 e. The number of carbonyl (C=O) groups is 1. The minimum atomic E-state index is -0.0130. The van der Waals surface area contributed by atoms with Crippen LogP contribution in [-0.4, -0.2) is 22.4 Å². The molecule has 2 heterocycles.